The van der Waals surface area contributed by atoms with Crippen LogP contribution in [0.2, 0.25) is 5.02 Å². The van der Waals surface area contributed by atoms with Gasteiger partial charge in [0.05, 0.1) is 10.6 Å². The van der Waals surface area contributed by atoms with Gasteiger partial charge in [0.2, 0.25) is 5.91 Å². The molecule has 1 amide bonds. The van der Waals surface area contributed by atoms with Gasteiger partial charge in [-0.05, 0) is 24.3 Å². The normalized spacial score (nSPS) is 10.4. The van der Waals surface area contributed by atoms with Gasteiger partial charge in [-0.25, -0.2) is 0 Å². The smallest absolute Gasteiger partial charge is 0.417 e. The lowest BCUT2D eigenvalue weighted by molar-refractivity contribution is -0.137. The van der Waals surface area contributed by atoms with Gasteiger partial charge in [-0.1, -0.05) is 29.8 Å². The molecule has 0 radical (unpaired) electrons. The van der Waals surface area contributed by atoms with Crippen molar-refractivity contribution < 1.29 is 23.1 Å². The van der Waals surface area contributed by atoms with Crippen molar-refractivity contribution in [2.45, 2.75) is 6.18 Å². The summed E-state index contributed by atoms with van der Waals surface area (Å²) < 4.78 is 36.6. The van der Waals surface area contributed by atoms with Crippen molar-refractivity contribution in [1.82, 2.24) is 0 Å². The van der Waals surface area contributed by atoms with Gasteiger partial charge in [0.25, 0.3) is 0 Å². The largest absolute Gasteiger partial charge is 0.507 e. The molecule has 0 atom stereocenters. The number of hydrogen-bond acceptors (Lipinski definition) is 3. The minimum Gasteiger partial charge on any atom is -0.507 e. The second-order valence-corrected chi connectivity index (χ2v) is 4.67. The predicted octanol–water partition coefficient (Wildman–Crippen LogP) is 3.85. The first-order valence-electron chi connectivity index (χ1n) is 6.12. The van der Waals surface area contributed by atoms with Crippen LogP contribution in [0.25, 0.3) is 0 Å². The Morgan fingerprint density at radius 3 is 2.17 bits per heavy atom. The Morgan fingerprint density at radius 1 is 1.22 bits per heavy atom. The van der Waals surface area contributed by atoms with E-state index in [0.29, 0.717) is 11.6 Å². The van der Waals surface area contributed by atoms with E-state index in [1.807, 2.05) is 6.07 Å². The maximum absolute atomic E-state index is 12.2. The molecule has 0 fully saturated rings. The van der Waals surface area contributed by atoms with Gasteiger partial charge >= 0.3 is 6.18 Å². The van der Waals surface area contributed by atoms with Crippen LogP contribution in [-0.4, -0.2) is 17.2 Å². The zero-order valence-electron chi connectivity index (χ0n) is 11.6. The third-order valence-corrected chi connectivity index (χ3v) is 2.95. The van der Waals surface area contributed by atoms with Crippen molar-refractivity contribution in [3.63, 3.8) is 0 Å². The summed E-state index contributed by atoms with van der Waals surface area (Å²) in [6.45, 7) is 0. The van der Waals surface area contributed by atoms with Crippen LogP contribution in [0.3, 0.4) is 0 Å². The van der Waals surface area contributed by atoms with E-state index in [9.17, 15) is 18.0 Å². The van der Waals surface area contributed by atoms with Crippen LogP contribution in [0.5, 0.6) is 5.75 Å². The van der Waals surface area contributed by atoms with Crippen molar-refractivity contribution in [2.75, 3.05) is 0 Å². The number of primary amides is 1. The van der Waals surface area contributed by atoms with Crippen LogP contribution in [0, 0.1) is 5.41 Å². The van der Waals surface area contributed by atoms with Crippen LogP contribution in [0.15, 0.2) is 42.5 Å². The maximum atomic E-state index is 12.2. The van der Waals surface area contributed by atoms with Gasteiger partial charge < -0.3 is 16.2 Å². The molecule has 0 aliphatic carbocycles. The number of nitrogens with one attached hydrogen (secondary N) is 1. The highest BCUT2D eigenvalue weighted by Crippen LogP contribution is 2.37. The number of phenolic OH excluding ortho intramolecular Hbond substituents is 1. The van der Waals surface area contributed by atoms with Gasteiger partial charge in [0, 0.05) is 17.3 Å². The molecule has 8 heteroatoms. The summed E-state index contributed by atoms with van der Waals surface area (Å²) in [7, 11) is 0. The van der Waals surface area contributed by atoms with Crippen LogP contribution >= 0.6 is 11.6 Å². The number of carbonyl (C=O) groups excluding carboxylic acids is 1. The summed E-state index contributed by atoms with van der Waals surface area (Å²) in [5.41, 5.74) is 4.37. The molecule has 0 aromatic heterocycles. The first-order chi connectivity index (χ1) is 10.7. The molecule has 2 aromatic rings. The van der Waals surface area contributed by atoms with E-state index in [1.54, 1.807) is 24.3 Å². The van der Waals surface area contributed by atoms with Gasteiger partial charge in [-0.2, -0.15) is 13.2 Å². The number of phenols is 1. The lowest BCUT2D eigenvalue weighted by Crippen LogP contribution is -2.09. The first kappa shape index (κ1) is 18.5. The first-order valence-corrected chi connectivity index (χ1v) is 6.49. The van der Waals surface area contributed by atoms with Crippen LogP contribution < -0.4 is 5.73 Å². The van der Waals surface area contributed by atoms with E-state index >= 15 is 0 Å². The van der Waals surface area contributed by atoms with Crippen molar-refractivity contribution in [3.8, 4) is 5.75 Å². The molecule has 0 saturated heterocycles. The van der Waals surface area contributed by atoms with Gasteiger partial charge in [-0.15, -0.1) is 0 Å². The third kappa shape index (κ3) is 5.30. The number of amides is 1. The van der Waals surface area contributed by atoms with Gasteiger partial charge in [0.15, 0.2) is 0 Å². The standard InChI is InChI=1S/C8H5ClF3NO.C7H7NO/c9-6-1-4(3-13)7(14)2-5(6)8(10,11)12;8-7(9)6-4-2-1-3-5-6/h1-3,13-14H;1-5H,(H2,8,9). The van der Waals surface area contributed by atoms with Crippen molar-refractivity contribution in [2.24, 2.45) is 5.73 Å². The van der Waals surface area contributed by atoms with E-state index in [2.05, 4.69) is 0 Å². The molecule has 122 valence electrons. The molecule has 2 aromatic carbocycles. The molecule has 2 rings (SSSR count). The van der Waals surface area contributed by atoms with E-state index in [0.717, 1.165) is 12.3 Å². The number of halogens is 4. The zero-order valence-corrected chi connectivity index (χ0v) is 12.3. The Balaban J connectivity index is 0.000000253. The number of benzene rings is 2. The Morgan fingerprint density at radius 2 is 1.78 bits per heavy atom. The highest BCUT2D eigenvalue weighted by molar-refractivity contribution is 6.31. The van der Waals surface area contributed by atoms with Crippen LogP contribution in [0.4, 0.5) is 13.2 Å². The molecular weight excluding hydrogens is 333 g/mol. The molecule has 4 nitrogen and oxygen atoms in total. The highest BCUT2D eigenvalue weighted by atomic mass is 35.5. The highest BCUT2D eigenvalue weighted by Gasteiger charge is 2.34. The van der Waals surface area contributed by atoms with Gasteiger partial charge in [-0.3, -0.25) is 4.79 Å². The fourth-order valence-electron chi connectivity index (χ4n) is 1.51. The average molecular weight is 345 g/mol. The summed E-state index contributed by atoms with van der Waals surface area (Å²) >= 11 is 5.33. The topological polar surface area (TPSA) is 87.2 Å². The summed E-state index contributed by atoms with van der Waals surface area (Å²) in [4.78, 5) is 10.4. The number of rotatable bonds is 2. The minimum atomic E-state index is -4.60. The molecular formula is C15H12ClF3N2O2. The van der Waals surface area contributed by atoms with E-state index < -0.39 is 22.5 Å². The van der Waals surface area contributed by atoms with E-state index in [-0.39, 0.29) is 11.5 Å². The number of alkyl halides is 3. The minimum absolute atomic E-state index is 0.0528. The van der Waals surface area contributed by atoms with Crippen molar-refractivity contribution in [1.29, 1.82) is 5.41 Å². The Labute approximate surface area is 134 Å². The summed E-state index contributed by atoms with van der Waals surface area (Å²) in [6.07, 6.45) is -3.88. The molecule has 0 bridgehead atoms. The predicted molar refractivity (Wildman–Crippen MR) is 81.0 cm³/mol. The zero-order chi connectivity index (χ0) is 17.6. The number of nitrogens with two attached hydrogens (primary N) is 1. The fourth-order valence-corrected chi connectivity index (χ4v) is 1.79. The fraction of sp³-hybridized carbons (Fsp3) is 0.0667. The van der Waals surface area contributed by atoms with Crippen molar-refractivity contribution >= 4 is 23.7 Å². The van der Waals surface area contributed by atoms with E-state index in [1.165, 1.54) is 0 Å². The molecule has 0 aliphatic heterocycles. The molecule has 23 heavy (non-hydrogen) atoms. The molecule has 0 heterocycles. The van der Waals surface area contributed by atoms with Crippen molar-refractivity contribution in [3.05, 3.63) is 64.2 Å². The average Bonchev–Trinajstić information content (AvgIpc) is 2.49. The second-order valence-electron chi connectivity index (χ2n) is 4.26. The second kappa shape index (κ2) is 7.64. The molecule has 4 N–H and O–H groups in total. The van der Waals surface area contributed by atoms with Crippen LogP contribution in [-0.2, 0) is 6.18 Å². The quantitative estimate of drug-likeness (QED) is 0.723. The monoisotopic (exact) mass is 344 g/mol. The number of carbonyl (C=O) groups is 1. The maximum Gasteiger partial charge on any atom is 0.417 e. The molecule has 0 saturated carbocycles. The Kier molecular flexibility index (Phi) is 6.15. The SMILES string of the molecule is N=Cc1cc(Cl)c(C(F)(F)F)cc1O.NC(=O)c1ccccc1. The number of hydrogen-bond donors (Lipinski definition) is 3. The molecule has 0 spiro atoms. The summed E-state index contributed by atoms with van der Waals surface area (Å²) in [5.74, 6) is -0.993. The lowest BCUT2D eigenvalue weighted by atomic mass is 10.1. The summed E-state index contributed by atoms with van der Waals surface area (Å²) in [5, 5.41) is 15.3. The molecule has 0 aliphatic rings. The van der Waals surface area contributed by atoms with E-state index in [4.69, 9.17) is 27.9 Å². The Hall–Kier alpha value is -2.54. The lowest BCUT2D eigenvalue weighted by Gasteiger charge is -2.10. The molecule has 0 unspecified atom stereocenters. The summed E-state index contributed by atoms with van der Waals surface area (Å²) in [6, 6.07) is 10.2. The Bertz CT molecular complexity index is 704. The van der Waals surface area contributed by atoms with Gasteiger partial charge in [0.1, 0.15) is 5.75 Å². The van der Waals surface area contributed by atoms with Crippen LogP contribution in [0.1, 0.15) is 21.5 Å². The third-order valence-electron chi connectivity index (χ3n) is 2.64. The number of aromatic hydroxyl groups is 1.